The Morgan fingerprint density at radius 1 is 1.11 bits per heavy atom. The lowest BCUT2D eigenvalue weighted by Gasteiger charge is -2.23. The van der Waals surface area contributed by atoms with E-state index in [2.05, 4.69) is 37.5 Å². The van der Waals surface area contributed by atoms with Crippen molar-refractivity contribution in [1.82, 2.24) is 10.6 Å². The van der Waals surface area contributed by atoms with Gasteiger partial charge >= 0.3 is 6.03 Å². The van der Waals surface area contributed by atoms with E-state index in [-0.39, 0.29) is 18.0 Å². The van der Waals surface area contributed by atoms with E-state index in [0.717, 1.165) is 24.1 Å². The monoisotopic (exact) mass is 379 g/mol. The molecule has 0 fully saturated rings. The van der Waals surface area contributed by atoms with E-state index in [1.165, 1.54) is 5.56 Å². The van der Waals surface area contributed by atoms with E-state index in [0.29, 0.717) is 24.6 Å². The zero-order valence-corrected chi connectivity index (χ0v) is 16.9. The number of hydrogen-bond donors (Lipinski definition) is 2. The molecule has 0 aliphatic carbocycles. The Bertz CT molecular complexity index is 833. The number of nitrogens with one attached hydrogen (secondary N) is 2. The Kier molecular flexibility index (Phi) is 6.34. The molecule has 148 valence electrons. The molecule has 2 aromatic rings. The summed E-state index contributed by atoms with van der Waals surface area (Å²) >= 11 is 0. The predicted octanol–water partition coefficient (Wildman–Crippen LogP) is 4.12. The fraction of sp³-hybridized carbons (Fsp3) is 0.391. The van der Waals surface area contributed by atoms with Gasteiger partial charge in [-0.1, -0.05) is 44.2 Å². The Morgan fingerprint density at radius 3 is 2.57 bits per heavy atom. The van der Waals surface area contributed by atoms with E-state index >= 15 is 0 Å². The first kappa shape index (κ1) is 19.9. The summed E-state index contributed by atoms with van der Waals surface area (Å²) in [6.07, 6.45) is 1.80. The molecule has 0 saturated heterocycles. The lowest BCUT2D eigenvalue weighted by Crippen LogP contribution is -2.36. The molecule has 5 nitrogen and oxygen atoms in total. The minimum atomic E-state index is -0.160. The number of anilines is 1. The van der Waals surface area contributed by atoms with Crippen LogP contribution in [0.4, 0.5) is 10.5 Å². The van der Waals surface area contributed by atoms with Crippen molar-refractivity contribution in [3.8, 4) is 0 Å². The maximum atomic E-state index is 13.0. The molecule has 1 aliphatic heterocycles. The van der Waals surface area contributed by atoms with Crippen LogP contribution in [0.15, 0.2) is 48.5 Å². The summed E-state index contributed by atoms with van der Waals surface area (Å²) in [5, 5.41) is 5.77. The van der Waals surface area contributed by atoms with Crippen molar-refractivity contribution >= 4 is 17.6 Å². The van der Waals surface area contributed by atoms with Crippen LogP contribution in [0.25, 0.3) is 0 Å². The van der Waals surface area contributed by atoms with Gasteiger partial charge in [-0.25, -0.2) is 4.79 Å². The van der Waals surface area contributed by atoms with Crippen LogP contribution >= 0.6 is 0 Å². The number of amides is 3. The zero-order valence-electron chi connectivity index (χ0n) is 16.9. The lowest BCUT2D eigenvalue weighted by molar-refractivity contribution is 0.0981. The first-order valence-corrected chi connectivity index (χ1v) is 9.98. The van der Waals surface area contributed by atoms with Crippen molar-refractivity contribution in [3.05, 3.63) is 65.2 Å². The van der Waals surface area contributed by atoms with Crippen LogP contribution in [0.5, 0.6) is 0 Å². The van der Waals surface area contributed by atoms with Gasteiger partial charge in [0.25, 0.3) is 5.91 Å². The third-order valence-corrected chi connectivity index (χ3v) is 5.07. The molecule has 1 heterocycles. The van der Waals surface area contributed by atoms with Crippen molar-refractivity contribution in [1.29, 1.82) is 0 Å². The van der Waals surface area contributed by atoms with Gasteiger partial charge in [0.15, 0.2) is 0 Å². The average molecular weight is 380 g/mol. The first-order chi connectivity index (χ1) is 13.5. The van der Waals surface area contributed by atoms with Gasteiger partial charge < -0.3 is 15.5 Å². The van der Waals surface area contributed by atoms with Gasteiger partial charge in [-0.3, -0.25) is 4.79 Å². The molecule has 0 aromatic heterocycles. The van der Waals surface area contributed by atoms with E-state index in [1.807, 2.05) is 47.4 Å². The average Bonchev–Trinajstić information content (AvgIpc) is 3.01. The summed E-state index contributed by atoms with van der Waals surface area (Å²) in [5.74, 6) is 0.579. The Hall–Kier alpha value is -2.82. The van der Waals surface area contributed by atoms with Crippen molar-refractivity contribution in [2.45, 2.75) is 46.2 Å². The normalized spacial score (nSPS) is 15.4. The number of rotatable bonds is 6. The molecule has 2 aromatic carbocycles. The van der Waals surface area contributed by atoms with Crippen molar-refractivity contribution in [2.24, 2.45) is 5.92 Å². The summed E-state index contributed by atoms with van der Waals surface area (Å²) in [6.45, 7) is 7.44. The van der Waals surface area contributed by atoms with Gasteiger partial charge in [-0.15, -0.1) is 0 Å². The maximum Gasteiger partial charge on any atom is 0.315 e. The summed E-state index contributed by atoms with van der Waals surface area (Å²) < 4.78 is 0. The summed E-state index contributed by atoms with van der Waals surface area (Å²) in [7, 11) is 0. The largest absolute Gasteiger partial charge is 0.338 e. The molecule has 0 bridgehead atoms. The fourth-order valence-electron chi connectivity index (χ4n) is 3.51. The van der Waals surface area contributed by atoms with Crippen LogP contribution in [0.2, 0.25) is 0 Å². The van der Waals surface area contributed by atoms with E-state index in [4.69, 9.17) is 0 Å². The molecule has 1 unspecified atom stereocenters. The molecule has 5 heteroatoms. The molecule has 1 atom stereocenters. The van der Waals surface area contributed by atoms with Crippen LogP contribution in [0, 0.1) is 5.92 Å². The highest BCUT2D eigenvalue weighted by molar-refractivity contribution is 6.07. The minimum absolute atomic E-state index is 0.0170. The third kappa shape index (κ3) is 4.71. The SMILES string of the molecule is CC(C)CCNC(=O)NCc1ccc2c(c1)N(C(=O)c1ccccc1)C(C)C2. The number of nitrogens with zero attached hydrogens (tertiary/aromatic N) is 1. The molecular weight excluding hydrogens is 350 g/mol. The number of fused-ring (bicyclic) bond motifs is 1. The van der Waals surface area contributed by atoms with Gasteiger partial charge in [0, 0.05) is 30.4 Å². The van der Waals surface area contributed by atoms with Gasteiger partial charge in [0.05, 0.1) is 0 Å². The Labute approximate surface area is 167 Å². The Morgan fingerprint density at radius 2 is 1.86 bits per heavy atom. The molecule has 0 radical (unpaired) electrons. The number of carbonyl (C=O) groups excluding carboxylic acids is 2. The van der Waals surface area contributed by atoms with Gasteiger partial charge in [-0.05, 0) is 55.0 Å². The number of benzene rings is 2. The second-order valence-corrected chi connectivity index (χ2v) is 7.85. The third-order valence-electron chi connectivity index (χ3n) is 5.07. The molecule has 2 N–H and O–H groups in total. The minimum Gasteiger partial charge on any atom is -0.338 e. The summed E-state index contributed by atoms with van der Waals surface area (Å²) in [5.41, 5.74) is 3.79. The standard InChI is InChI=1S/C23H29N3O2/c1-16(2)11-12-24-23(28)25-15-18-9-10-20-13-17(3)26(21(20)14-18)22(27)19-7-5-4-6-8-19/h4-10,14,16-17H,11-13,15H2,1-3H3,(H2,24,25,28). The molecule has 0 saturated carbocycles. The van der Waals surface area contributed by atoms with Gasteiger partial charge in [-0.2, -0.15) is 0 Å². The molecule has 3 rings (SSSR count). The number of carbonyl (C=O) groups is 2. The van der Waals surface area contributed by atoms with Crippen molar-refractivity contribution in [2.75, 3.05) is 11.4 Å². The van der Waals surface area contributed by atoms with E-state index < -0.39 is 0 Å². The second kappa shape index (κ2) is 8.91. The topological polar surface area (TPSA) is 61.4 Å². The lowest BCUT2D eigenvalue weighted by atomic mass is 10.1. The highest BCUT2D eigenvalue weighted by Gasteiger charge is 2.31. The smallest absolute Gasteiger partial charge is 0.315 e. The van der Waals surface area contributed by atoms with Gasteiger partial charge in [0.1, 0.15) is 0 Å². The molecule has 28 heavy (non-hydrogen) atoms. The zero-order chi connectivity index (χ0) is 20.1. The second-order valence-electron chi connectivity index (χ2n) is 7.85. The molecule has 0 spiro atoms. The molecule has 3 amide bonds. The number of urea groups is 1. The van der Waals surface area contributed by atoms with Crippen LogP contribution in [0.3, 0.4) is 0 Å². The molecule has 1 aliphatic rings. The Balaban J connectivity index is 1.67. The van der Waals surface area contributed by atoms with Crippen LogP contribution in [0.1, 0.15) is 48.7 Å². The van der Waals surface area contributed by atoms with Crippen LogP contribution in [-0.4, -0.2) is 24.5 Å². The van der Waals surface area contributed by atoms with Crippen molar-refractivity contribution < 1.29 is 9.59 Å². The summed E-state index contributed by atoms with van der Waals surface area (Å²) in [4.78, 5) is 26.8. The molecular formula is C23H29N3O2. The van der Waals surface area contributed by atoms with E-state index in [9.17, 15) is 9.59 Å². The number of hydrogen-bond acceptors (Lipinski definition) is 2. The van der Waals surface area contributed by atoms with E-state index in [1.54, 1.807) is 0 Å². The highest BCUT2D eigenvalue weighted by atomic mass is 16.2. The predicted molar refractivity (Wildman–Crippen MR) is 113 cm³/mol. The van der Waals surface area contributed by atoms with Crippen molar-refractivity contribution in [3.63, 3.8) is 0 Å². The first-order valence-electron chi connectivity index (χ1n) is 9.98. The van der Waals surface area contributed by atoms with Crippen LogP contribution in [-0.2, 0) is 13.0 Å². The highest BCUT2D eigenvalue weighted by Crippen LogP contribution is 2.34. The maximum absolute atomic E-state index is 13.0. The quantitative estimate of drug-likeness (QED) is 0.793. The fourth-order valence-corrected chi connectivity index (χ4v) is 3.51. The summed E-state index contributed by atoms with van der Waals surface area (Å²) in [6, 6.07) is 15.4. The van der Waals surface area contributed by atoms with Crippen LogP contribution < -0.4 is 15.5 Å². The van der Waals surface area contributed by atoms with Gasteiger partial charge in [0.2, 0.25) is 0 Å².